The summed E-state index contributed by atoms with van der Waals surface area (Å²) in [6.45, 7) is 10.8. The molecule has 27 heavy (non-hydrogen) atoms. The number of hydrogen-bond donors (Lipinski definition) is 0. The lowest BCUT2D eigenvalue weighted by atomic mass is 10.2. The van der Waals surface area contributed by atoms with Gasteiger partial charge in [-0.3, -0.25) is 14.6 Å². The summed E-state index contributed by atoms with van der Waals surface area (Å²) in [5.41, 5.74) is 3.54. The number of rotatable bonds is 3. The molecule has 1 saturated heterocycles. The molecule has 0 atom stereocenters. The van der Waals surface area contributed by atoms with Crippen LogP contribution in [-0.2, 0) is 0 Å². The molecule has 2 aromatic heterocycles. The maximum atomic E-state index is 13.1. The van der Waals surface area contributed by atoms with E-state index < -0.39 is 0 Å². The fraction of sp³-hybridized carbons (Fsp3) is 0.476. The van der Waals surface area contributed by atoms with Crippen molar-refractivity contribution in [1.82, 2.24) is 19.4 Å². The lowest BCUT2D eigenvalue weighted by Gasteiger charge is -2.22. The van der Waals surface area contributed by atoms with E-state index in [1.807, 2.05) is 29.7 Å². The highest BCUT2D eigenvalue weighted by atomic mass is 16.2. The van der Waals surface area contributed by atoms with Crippen LogP contribution in [0.25, 0.3) is 0 Å². The van der Waals surface area contributed by atoms with Crippen LogP contribution in [0, 0.1) is 13.8 Å². The molecule has 0 radical (unpaired) electrons. The predicted molar refractivity (Wildman–Crippen MR) is 105 cm³/mol. The molecule has 0 saturated carbocycles. The first-order chi connectivity index (χ1) is 12.9. The third kappa shape index (κ3) is 3.89. The van der Waals surface area contributed by atoms with Gasteiger partial charge in [0.2, 0.25) is 0 Å². The van der Waals surface area contributed by atoms with Crippen molar-refractivity contribution in [3.63, 3.8) is 0 Å². The summed E-state index contributed by atoms with van der Waals surface area (Å²) in [4.78, 5) is 33.5. The lowest BCUT2D eigenvalue weighted by molar-refractivity contribution is 0.0718. The van der Waals surface area contributed by atoms with Crippen molar-refractivity contribution in [1.29, 1.82) is 0 Å². The fourth-order valence-electron chi connectivity index (χ4n) is 3.96. The summed E-state index contributed by atoms with van der Waals surface area (Å²) in [7, 11) is 0. The van der Waals surface area contributed by atoms with Gasteiger partial charge in [0, 0.05) is 61.6 Å². The number of amides is 2. The van der Waals surface area contributed by atoms with Gasteiger partial charge in [-0.05, 0) is 52.3 Å². The summed E-state index contributed by atoms with van der Waals surface area (Å²) in [5.74, 6) is 0.0675. The van der Waals surface area contributed by atoms with Crippen molar-refractivity contribution in [2.45, 2.75) is 40.2 Å². The summed E-state index contributed by atoms with van der Waals surface area (Å²) in [6, 6.07) is 5.78. The van der Waals surface area contributed by atoms with Crippen LogP contribution in [0.15, 0.2) is 30.6 Å². The number of aryl methyl sites for hydroxylation is 1. The summed E-state index contributed by atoms with van der Waals surface area (Å²) in [6.07, 6.45) is 4.04. The molecule has 0 aliphatic carbocycles. The van der Waals surface area contributed by atoms with Crippen molar-refractivity contribution in [3.8, 4) is 0 Å². The predicted octanol–water partition coefficient (Wildman–Crippen LogP) is 3.07. The zero-order chi connectivity index (χ0) is 19.6. The highest BCUT2D eigenvalue weighted by Crippen LogP contribution is 2.22. The Balaban J connectivity index is 1.72. The molecule has 1 aliphatic heterocycles. The van der Waals surface area contributed by atoms with Crippen LogP contribution in [0.5, 0.6) is 0 Å². The Hall–Kier alpha value is -2.63. The minimum absolute atomic E-state index is 0.00434. The van der Waals surface area contributed by atoms with E-state index in [1.54, 1.807) is 24.5 Å². The van der Waals surface area contributed by atoms with Crippen molar-refractivity contribution in [2.75, 3.05) is 26.2 Å². The molecule has 0 N–H and O–H groups in total. The second-order valence-corrected chi connectivity index (χ2v) is 7.42. The maximum absolute atomic E-state index is 13.1. The third-order valence-corrected chi connectivity index (χ3v) is 5.23. The molecule has 6 heteroatoms. The zero-order valence-corrected chi connectivity index (χ0v) is 16.6. The van der Waals surface area contributed by atoms with E-state index in [-0.39, 0.29) is 11.8 Å². The Morgan fingerprint density at radius 2 is 1.56 bits per heavy atom. The first kappa shape index (κ1) is 19.1. The van der Waals surface area contributed by atoms with Crippen LogP contribution in [-0.4, -0.2) is 57.3 Å². The molecule has 1 fully saturated rings. The summed E-state index contributed by atoms with van der Waals surface area (Å²) in [5, 5.41) is 0. The number of carbonyl (C=O) groups excluding carboxylic acids is 2. The molecule has 0 spiro atoms. The first-order valence-electron chi connectivity index (χ1n) is 9.57. The van der Waals surface area contributed by atoms with Gasteiger partial charge in [-0.1, -0.05) is 0 Å². The van der Waals surface area contributed by atoms with E-state index in [0.717, 1.165) is 23.4 Å². The molecule has 0 unspecified atom stereocenters. The summed E-state index contributed by atoms with van der Waals surface area (Å²) >= 11 is 0. The van der Waals surface area contributed by atoms with Gasteiger partial charge in [-0.2, -0.15) is 0 Å². The van der Waals surface area contributed by atoms with E-state index in [1.165, 1.54) is 0 Å². The van der Waals surface area contributed by atoms with Crippen molar-refractivity contribution in [2.24, 2.45) is 0 Å². The summed E-state index contributed by atoms with van der Waals surface area (Å²) < 4.78 is 2.20. The molecule has 3 rings (SSSR count). The van der Waals surface area contributed by atoms with Gasteiger partial charge in [0.15, 0.2) is 0 Å². The minimum atomic E-state index is 0.00434. The highest BCUT2D eigenvalue weighted by Gasteiger charge is 2.26. The number of aromatic nitrogens is 2. The second kappa shape index (κ2) is 7.94. The van der Waals surface area contributed by atoms with Gasteiger partial charge in [0.1, 0.15) is 0 Å². The largest absolute Gasteiger partial charge is 0.346 e. The molecule has 2 aromatic rings. The van der Waals surface area contributed by atoms with Gasteiger partial charge >= 0.3 is 0 Å². The first-order valence-corrected chi connectivity index (χ1v) is 9.57. The van der Waals surface area contributed by atoms with E-state index in [2.05, 4.69) is 23.4 Å². The van der Waals surface area contributed by atoms with Crippen molar-refractivity contribution >= 4 is 11.8 Å². The number of nitrogens with zero attached hydrogens (tertiary/aromatic N) is 4. The van der Waals surface area contributed by atoms with E-state index in [4.69, 9.17) is 0 Å². The van der Waals surface area contributed by atoms with E-state index >= 15 is 0 Å². The molecule has 6 nitrogen and oxygen atoms in total. The smallest absolute Gasteiger partial charge is 0.255 e. The normalized spacial score (nSPS) is 15.1. The van der Waals surface area contributed by atoms with Crippen LogP contribution < -0.4 is 0 Å². The molecular weight excluding hydrogens is 340 g/mol. The SMILES string of the molecule is Cc1cc(C(=O)N2CCCN(C(=O)c3ccncc3)CC2)c(C)n1C(C)C. The molecular formula is C21H28N4O2. The van der Waals surface area contributed by atoms with Crippen LogP contribution in [0.3, 0.4) is 0 Å². The standard InChI is InChI=1S/C21H28N4O2/c1-15(2)25-16(3)14-19(17(25)4)21(27)24-11-5-10-23(12-13-24)20(26)18-6-8-22-9-7-18/h6-9,14-15H,5,10-13H2,1-4H3. The molecule has 2 amide bonds. The monoisotopic (exact) mass is 368 g/mol. The molecule has 0 bridgehead atoms. The van der Waals surface area contributed by atoms with Crippen LogP contribution in [0.1, 0.15) is 58.4 Å². The lowest BCUT2D eigenvalue weighted by Crippen LogP contribution is -2.37. The molecule has 144 valence electrons. The van der Waals surface area contributed by atoms with Gasteiger partial charge in [-0.25, -0.2) is 0 Å². The van der Waals surface area contributed by atoms with Crippen molar-refractivity contribution in [3.05, 3.63) is 53.1 Å². The fourth-order valence-corrected chi connectivity index (χ4v) is 3.96. The topological polar surface area (TPSA) is 58.4 Å². The van der Waals surface area contributed by atoms with Crippen molar-refractivity contribution < 1.29 is 9.59 Å². The van der Waals surface area contributed by atoms with E-state index in [0.29, 0.717) is 37.8 Å². The maximum Gasteiger partial charge on any atom is 0.255 e. The molecule has 1 aliphatic rings. The minimum Gasteiger partial charge on any atom is -0.346 e. The Kier molecular flexibility index (Phi) is 5.63. The van der Waals surface area contributed by atoms with Crippen LogP contribution in [0.2, 0.25) is 0 Å². The second-order valence-electron chi connectivity index (χ2n) is 7.42. The number of hydrogen-bond acceptors (Lipinski definition) is 3. The van der Waals surface area contributed by atoms with Crippen LogP contribution in [0.4, 0.5) is 0 Å². The number of carbonyl (C=O) groups is 2. The van der Waals surface area contributed by atoms with Crippen LogP contribution >= 0.6 is 0 Å². The Labute approximate surface area is 160 Å². The van der Waals surface area contributed by atoms with Gasteiger partial charge in [-0.15, -0.1) is 0 Å². The quantitative estimate of drug-likeness (QED) is 0.837. The number of pyridine rings is 1. The van der Waals surface area contributed by atoms with Gasteiger partial charge < -0.3 is 14.4 Å². The average molecular weight is 368 g/mol. The molecule has 3 heterocycles. The third-order valence-electron chi connectivity index (χ3n) is 5.23. The highest BCUT2D eigenvalue weighted by molar-refractivity contribution is 5.96. The van der Waals surface area contributed by atoms with Gasteiger partial charge in [0.05, 0.1) is 5.56 Å². The molecule has 0 aromatic carbocycles. The zero-order valence-electron chi connectivity index (χ0n) is 16.6. The van der Waals surface area contributed by atoms with Gasteiger partial charge in [0.25, 0.3) is 11.8 Å². The Morgan fingerprint density at radius 1 is 0.963 bits per heavy atom. The average Bonchev–Trinajstić information content (AvgIpc) is 2.83. The Bertz CT molecular complexity index is 826. The van der Waals surface area contributed by atoms with E-state index in [9.17, 15) is 9.59 Å². The Morgan fingerprint density at radius 3 is 2.11 bits per heavy atom.